The first-order valence-electron chi connectivity index (χ1n) is 7.05. The highest BCUT2D eigenvalue weighted by molar-refractivity contribution is 7.11. The molecule has 1 atom stereocenters. The number of likely N-dealkylation sites (N-methyl/N-ethyl adjacent to an activating group) is 1. The monoisotopic (exact) mass is 287 g/mol. The first-order valence-corrected chi connectivity index (χ1v) is 7.87. The molecule has 0 aliphatic carbocycles. The van der Waals surface area contributed by atoms with E-state index in [4.69, 9.17) is 4.98 Å². The fourth-order valence-corrected chi connectivity index (χ4v) is 3.88. The predicted octanol–water partition coefficient (Wildman–Crippen LogP) is 3.06. The van der Waals surface area contributed by atoms with Crippen molar-refractivity contribution in [1.29, 1.82) is 0 Å². The Morgan fingerprint density at radius 1 is 1.35 bits per heavy atom. The van der Waals surface area contributed by atoms with Crippen molar-refractivity contribution < 1.29 is 0 Å². The Labute approximate surface area is 124 Å². The van der Waals surface area contributed by atoms with Crippen molar-refractivity contribution in [2.75, 3.05) is 25.5 Å². The van der Waals surface area contributed by atoms with E-state index in [1.165, 1.54) is 21.7 Å². The summed E-state index contributed by atoms with van der Waals surface area (Å²) in [6, 6.07) is 7.01. The zero-order valence-electron chi connectivity index (χ0n) is 12.5. The van der Waals surface area contributed by atoms with Crippen LogP contribution in [0.1, 0.15) is 32.7 Å². The van der Waals surface area contributed by atoms with Gasteiger partial charge in [-0.2, -0.15) is 0 Å². The van der Waals surface area contributed by atoms with Crippen LogP contribution in [0.3, 0.4) is 0 Å². The molecule has 1 unspecified atom stereocenters. The molecule has 1 aliphatic heterocycles. The van der Waals surface area contributed by atoms with Gasteiger partial charge in [0.25, 0.3) is 0 Å². The summed E-state index contributed by atoms with van der Waals surface area (Å²) in [4.78, 5) is 8.34. The molecule has 0 fully saturated rings. The average molecular weight is 287 g/mol. The Morgan fingerprint density at radius 2 is 2.15 bits per heavy atom. The van der Waals surface area contributed by atoms with E-state index in [1.54, 1.807) is 11.3 Å². The molecule has 0 amide bonds. The summed E-state index contributed by atoms with van der Waals surface area (Å²) >= 11 is 1.79. The molecule has 1 aliphatic rings. The topological polar surface area (TPSA) is 28.2 Å². The summed E-state index contributed by atoms with van der Waals surface area (Å²) in [5.74, 6) is 0. The van der Waals surface area contributed by atoms with Gasteiger partial charge in [0, 0.05) is 24.2 Å². The molecule has 0 radical (unpaired) electrons. The number of aromatic nitrogens is 1. The Kier molecular flexibility index (Phi) is 3.52. The number of hydrogen-bond donors (Lipinski definition) is 1. The number of hydrogen-bond acceptors (Lipinski definition) is 4. The normalized spacial score (nSPS) is 15.5. The van der Waals surface area contributed by atoms with Crippen LogP contribution in [0.4, 0.5) is 5.69 Å². The van der Waals surface area contributed by atoms with E-state index in [0.717, 1.165) is 23.7 Å². The number of anilines is 1. The van der Waals surface area contributed by atoms with Crippen LogP contribution in [0.25, 0.3) is 0 Å². The van der Waals surface area contributed by atoms with Crippen molar-refractivity contribution in [3.63, 3.8) is 0 Å². The number of fused-ring (bicyclic) bond motifs is 1. The van der Waals surface area contributed by atoms with Crippen molar-refractivity contribution in [3.05, 3.63) is 44.9 Å². The second kappa shape index (κ2) is 5.19. The smallest absolute Gasteiger partial charge is 0.115 e. The number of aryl methyl sites for hydroxylation is 2. The minimum Gasteiger partial charge on any atom is -0.374 e. The summed E-state index contributed by atoms with van der Waals surface area (Å²) in [6.45, 7) is 5.35. The van der Waals surface area contributed by atoms with Gasteiger partial charge in [0.05, 0.1) is 11.7 Å². The van der Waals surface area contributed by atoms with E-state index in [-0.39, 0.29) is 6.04 Å². The van der Waals surface area contributed by atoms with Gasteiger partial charge in [0.2, 0.25) is 0 Å². The quantitative estimate of drug-likeness (QED) is 0.940. The van der Waals surface area contributed by atoms with Crippen LogP contribution in [0, 0.1) is 13.8 Å². The van der Waals surface area contributed by atoms with Crippen LogP contribution in [0.2, 0.25) is 0 Å². The summed E-state index contributed by atoms with van der Waals surface area (Å²) in [5, 5.41) is 4.57. The number of nitrogens with one attached hydrogen (secondary N) is 1. The highest BCUT2D eigenvalue weighted by Gasteiger charge is 2.21. The van der Waals surface area contributed by atoms with Gasteiger partial charge in [-0.15, -0.1) is 11.3 Å². The summed E-state index contributed by atoms with van der Waals surface area (Å²) < 4.78 is 0. The van der Waals surface area contributed by atoms with Gasteiger partial charge in [-0.25, -0.2) is 4.98 Å². The standard InChI is InChI=1S/C16H21N3S/c1-10-11(2)20-16(18-10)15(17-3)13-5-6-14-12(9-13)7-8-19(14)4/h5-6,9,15,17H,7-8H2,1-4H3. The van der Waals surface area contributed by atoms with Gasteiger partial charge in [-0.1, -0.05) is 12.1 Å². The molecule has 1 aromatic heterocycles. The molecule has 0 spiro atoms. The lowest BCUT2D eigenvalue weighted by Crippen LogP contribution is -2.17. The molecule has 3 nitrogen and oxygen atoms in total. The minimum atomic E-state index is 0.198. The van der Waals surface area contributed by atoms with Crippen molar-refractivity contribution >= 4 is 17.0 Å². The highest BCUT2D eigenvalue weighted by atomic mass is 32.1. The maximum Gasteiger partial charge on any atom is 0.115 e. The van der Waals surface area contributed by atoms with Gasteiger partial charge < -0.3 is 10.2 Å². The van der Waals surface area contributed by atoms with Gasteiger partial charge in [0.15, 0.2) is 0 Å². The van der Waals surface area contributed by atoms with Crippen molar-refractivity contribution in [3.8, 4) is 0 Å². The molecule has 2 aromatic rings. The lowest BCUT2D eigenvalue weighted by atomic mass is 10.0. The third-order valence-corrected chi connectivity index (χ3v) is 5.28. The minimum absolute atomic E-state index is 0.198. The van der Waals surface area contributed by atoms with Gasteiger partial charge in [0.1, 0.15) is 5.01 Å². The first-order chi connectivity index (χ1) is 9.60. The van der Waals surface area contributed by atoms with Crippen LogP contribution < -0.4 is 10.2 Å². The zero-order valence-corrected chi connectivity index (χ0v) is 13.3. The number of rotatable bonds is 3. The molecular weight excluding hydrogens is 266 g/mol. The van der Waals surface area contributed by atoms with Crippen LogP contribution in [-0.2, 0) is 6.42 Å². The fourth-order valence-electron chi connectivity index (χ4n) is 2.82. The summed E-state index contributed by atoms with van der Waals surface area (Å²) in [6.07, 6.45) is 1.14. The SMILES string of the molecule is CNC(c1ccc2c(c1)CCN2C)c1nc(C)c(C)s1. The van der Waals surface area contributed by atoms with E-state index in [2.05, 4.69) is 49.3 Å². The molecule has 3 rings (SSSR count). The molecule has 20 heavy (non-hydrogen) atoms. The Morgan fingerprint density at radius 3 is 2.80 bits per heavy atom. The van der Waals surface area contributed by atoms with Gasteiger partial charge in [-0.05, 0) is 44.5 Å². The van der Waals surface area contributed by atoms with Crippen molar-refractivity contribution in [2.24, 2.45) is 0 Å². The highest BCUT2D eigenvalue weighted by Crippen LogP contribution is 2.33. The van der Waals surface area contributed by atoms with Gasteiger partial charge in [-0.3, -0.25) is 0 Å². The van der Waals surface area contributed by atoms with E-state index in [0.29, 0.717) is 0 Å². The molecule has 2 heterocycles. The Balaban J connectivity index is 1.98. The van der Waals surface area contributed by atoms with Crippen LogP contribution in [-0.4, -0.2) is 25.6 Å². The summed E-state index contributed by atoms with van der Waals surface area (Å²) in [5.41, 5.74) is 5.28. The van der Waals surface area contributed by atoms with Crippen LogP contribution >= 0.6 is 11.3 Å². The van der Waals surface area contributed by atoms with E-state index < -0.39 is 0 Å². The number of benzene rings is 1. The van der Waals surface area contributed by atoms with E-state index in [1.807, 2.05) is 7.05 Å². The number of thiazole rings is 1. The average Bonchev–Trinajstić information content (AvgIpc) is 2.95. The Bertz CT molecular complexity index is 613. The maximum atomic E-state index is 4.71. The van der Waals surface area contributed by atoms with Gasteiger partial charge >= 0.3 is 0 Å². The lowest BCUT2D eigenvalue weighted by Gasteiger charge is -2.17. The largest absolute Gasteiger partial charge is 0.374 e. The summed E-state index contributed by atoms with van der Waals surface area (Å²) in [7, 11) is 4.17. The van der Waals surface area contributed by atoms with E-state index >= 15 is 0 Å². The molecule has 0 bridgehead atoms. The number of nitrogens with zero attached hydrogens (tertiary/aromatic N) is 2. The molecule has 4 heteroatoms. The third kappa shape index (κ3) is 2.23. The van der Waals surface area contributed by atoms with Crippen LogP contribution in [0.5, 0.6) is 0 Å². The molecule has 0 saturated heterocycles. The molecule has 1 aromatic carbocycles. The first kappa shape index (κ1) is 13.6. The van der Waals surface area contributed by atoms with E-state index in [9.17, 15) is 0 Å². The maximum absolute atomic E-state index is 4.71. The molecule has 106 valence electrons. The Hall–Kier alpha value is -1.39. The molecule has 1 N–H and O–H groups in total. The molecule has 0 saturated carbocycles. The fraction of sp³-hybridized carbons (Fsp3) is 0.438. The van der Waals surface area contributed by atoms with Crippen LogP contribution in [0.15, 0.2) is 18.2 Å². The zero-order chi connectivity index (χ0) is 14.3. The van der Waals surface area contributed by atoms with Crippen molar-refractivity contribution in [2.45, 2.75) is 26.3 Å². The molecular formula is C16H21N3S. The second-order valence-electron chi connectivity index (χ2n) is 5.48. The lowest BCUT2D eigenvalue weighted by molar-refractivity contribution is 0.684. The predicted molar refractivity (Wildman–Crippen MR) is 85.9 cm³/mol. The van der Waals surface area contributed by atoms with Crippen molar-refractivity contribution in [1.82, 2.24) is 10.3 Å². The second-order valence-corrected chi connectivity index (χ2v) is 6.71. The third-order valence-electron chi connectivity index (χ3n) is 4.15.